The number of nitrogens with zero attached hydrogens (tertiary/aromatic N) is 2. The van der Waals surface area contributed by atoms with E-state index in [1.807, 2.05) is 30.6 Å². The molecule has 144 valence electrons. The molecule has 0 N–H and O–H groups in total. The number of hydrogen-bond acceptors (Lipinski definition) is 5. The van der Waals surface area contributed by atoms with Gasteiger partial charge in [0.15, 0.2) is 0 Å². The van der Waals surface area contributed by atoms with Crippen molar-refractivity contribution in [2.24, 2.45) is 0 Å². The summed E-state index contributed by atoms with van der Waals surface area (Å²) in [6.45, 7) is 6.39. The first-order valence-electron chi connectivity index (χ1n) is 9.66. The fraction of sp³-hybridized carbons (Fsp3) is 0.500. The average Bonchev–Trinajstić information content (AvgIpc) is 2.67. The predicted molar refractivity (Wildman–Crippen MR) is 104 cm³/mol. The van der Waals surface area contributed by atoms with E-state index in [9.17, 15) is 0 Å². The molecule has 1 unspecified atom stereocenters. The van der Waals surface area contributed by atoms with E-state index in [0.717, 1.165) is 44.8 Å². The molecule has 27 heavy (non-hydrogen) atoms. The Labute approximate surface area is 161 Å². The van der Waals surface area contributed by atoms with Gasteiger partial charge >= 0.3 is 0 Å². The molecule has 2 fully saturated rings. The Morgan fingerprint density at radius 3 is 3.00 bits per heavy atom. The van der Waals surface area contributed by atoms with Crippen LogP contribution >= 0.6 is 0 Å². The van der Waals surface area contributed by atoms with Gasteiger partial charge in [0.05, 0.1) is 25.4 Å². The molecule has 1 aromatic heterocycles. The van der Waals surface area contributed by atoms with Crippen LogP contribution < -0.4 is 4.74 Å². The van der Waals surface area contributed by atoms with Crippen LogP contribution in [0.5, 0.6) is 5.75 Å². The van der Waals surface area contributed by atoms with E-state index in [1.165, 1.54) is 16.7 Å². The van der Waals surface area contributed by atoms with Crippen LogP contribution in [0.4, 0.5) is 0 Å². The summed E-state index contributed by atoms with van der Waals surface area (Å²) >= 11 is 0. The topological polar surface area (TPSA) is 43.8 Å². The minimum Gasteiger partial charge on any atom is -0.497 e. The summed E-state index contributed by atoms with van der Waals surface area (Å²) in [6.07, 6.45) is 5.94. The van der Waals surface area contributed by atoms with E-state index >= 15 is 0 Å². The van der Waals surface area contributed by atoms with Crippen molar-refractivity contribution in [2.45, 2.75) is 44.6 Å². The summed E-state index contributed by atoms with van der Waals surface area (Å²) in [4.78, 5) is 6.64. The lowest BCUT2D eigenvalue weighted by atomic mass is 9.84. The van der Waals surface area contributed by atoms with Gasteiger partial charge in [-0.25, -0.2) is 0 Å². The van der Waals surface area contributed by atoms with Gasteiger partial charge in [0, 0.05) is 45.1 Å². The fourth-order valence-corrected chi connectivity index (χ4v) is 4.11. The van der Waals surface area contributed by atoms with Crippen molar-refractivity contribution < 1.29 is 14.2 Å². The Kier molecular flexibility index (Phi) is 5.43. The highest BCUT2D eigenvalue weighted by Gasteiger charge is 2.47. The quantitative estimate of drug-likeness (QED) is 0.782. The Bertz CT molecular complexity index is 774. The zero-order valence-electron chi connectivity index (χ0n) is 16.2. The average molecular weight is 368 g/mol. The third kappa shape index (κ3) is 4.32. The van der Waals surface area contributed by atoms with Crippen LogP contribution in [0.1, 0.15) is 29.5 Å². The number of methoxy groups -OCH3 is 1. The minimum atomic E-state index is -0.0359. The molecule has 1 atom stereocenters. The van der Waals surface area contributed by atoms with Gasteiger partial charge in [0.25, 0.3) is 0 Å². The number of likely N-dealkylation sites (tertiary alicyclic amines) is 1. The second-order valence-electron chi connectivity index (χ2n) is 7.76. The van der Waals surface area contributed by atoms with Crippen molar-refractivity contribution in [1.29, 1.82) is 0 Å². The van der Waals surface area contributed by atoms with Gasteiger partial charge in [-0.05, 0) is 48.2 Å². The zero-order valence-corrected chi connectivity index (χ0v) is 16.2. The normalized spacial score (nSPS) is 21.8. The van der Waals surface area contributed by atoms with Gasteiger partial charge in [-0.2, -0.15) is 0 Å². The summed E-state index contributed by atoms with van der Waals surface area (Å²) in [5.74, 6) is 0.913. The number of rotatable bonds is 6. The summed E-state index contributed by atoms with van der Waals surface area (Å²) in [5, 5.41) is 0. The SMILES string of the molecule is COc1cccc(CN2CC3(CC(OCc4cnccc4C)CCO3)C2)c1. The molecular weight excluding hydrogens is 340 g/mol. The van der Waals surface area contributed by atoms with Crippen LogP contribution in [0.2, 0.25) is 0 Å². The second kappa shape index (κ2) is 7.97. The molecule has 2 aromatic rings. The van der Waals surface area contributed by atoms with Crippen molar-refractivity contribution >= 4 is 0 Å². The largest absolute Gasteiger partial charge is 0.497 e. The zero-order chi connectivity index (χ0) is 18.7. The number of hydrogen-bond donors (Lipinski definition) is 0. The molecule has 2 aliphatic rings. The monoisotopic (exact) mass is 368 g/mol. The standard InChI is InChI=1S/C22H28N2O3/c1-17-6-8-23-12-19(17)14-26-21-7-9-27-22(11-21)15-24(16-22)13-18-4-3-5-20(10-18)25-2/h3-6,8,10,12,21H,7,9,11,13-16H2,1-2H3. The highest BCUT2D eigenvalue weighted by Crippen LogP contribution is 2.36. The van der Waals surface area contributed by atoms with E-state index in [2.05, 4.69) is 28.9 Å². The molecule has 0 amide bonds. The van der Waals surface area contributed by atoms with Crippen molar-refractivity contribution in [3.8, 4) is 5.75 Å². The molecule has 1 aromatic carbocycles. The van der Waals surface area contributed by atoms with E-state index in [-0.39, 0.29) is 11.7 Å². The molecule has 3 heterocycles. The molecule has 5 heteroatoms. The summed E-state index contributed by atoms with van der Waals surface area (Å²) in [5.41, 5.74) is 3.65. The lowest BCUT2D eigenvalue weighted by molar-refractivity contribution is -0.200. The van der Waals surface area contributed by atoms with E-state index in [0.29, 0.717) is 6.61 Å². The first-order valence-corrected chi connectivity index (χ1v) is 9.66. The van der Waals surface area contributed by atoms with Gasteiger partial charge in [-0.1, -0.05) is 12.1 Å². The number of aromatic nitrogens is 1. The number of pyridine rings is 1. The van der Waals surface area contributed by atoms with Crippen LogP contribution in [0.25, 0.3) is 0 Å². The lowest BCUT2D eigenvalue weighted by Gasteiger charge is -2.53. The molecule has 0 radical (unpaired) electrons. The second-order valence-corrected chi connectivity index (χ2v) is 7.76. The first-order chi connectivity index (χ1) is 13.2. The van der Waals surface area contributed by atoms with Crippen molar-refractivity contribution in [3.05, 3.63) is 59.4 Å². The highest BCUT2D eigenvalue weighted by molar-refractivity contribution is 5.28. The third-order valence-electron chi connectivity index (χ3n) is 5.63. The van der Waals surface area contributed by atoms with Gasteiger partial charge in [0.1, 0.15) is 5.75 Å². The summed E-state index contributed by atoms with van der Waals surface area (Å²) in [7, 11) is 1.71. The highest BCUT2D eigenvalue weighted by atomic mass is 16.5. The molecule has 5 nitrogen and oxygen atoms in total. The molecule has 2 saturated heterocycles. The maximum Gasteiger partial charge on any atom is 0.119 e. The molecule has 1 spiro atoms. The number of aryl methyl sites for hydroxylation is 1. The maximum atomic E-state index is 6.21. The molecule has 2 aliphatic heterocycles. The molecule has 4 rings (SSSR count). The van der Waals surface area contributed by atoms with Crippen molar-refractivity contribution in [2.75, 3.05) is 26.8 Å². The first kappa shape index (κ1) is 18.4. The molecule has 0 aliphatic carbocycles. The van der Waals surface area contributed by atoms with Crippen LogP contribution in [-0.4, -0.2) is 48.4 Å². The van der Waals surface area contributed by atoms with Crippen LogP contribution in [0, 0.1) is 6.92 Å². The Morgan fingerprint density at radius 2 is 2.19 bits per heavy atom. The lowest BCUT2D eigenvalue weighted by Crippen LogP contribution is -2.65. The van der Waals surface area contributed by atoms with Crippen molar-refractivity contribution in [1.82, 2.24) is 9.88 Å². The van der Waals surface area contributed by atoms with Gasteiger partial charge in [0.2, 0.25) is 0 Å². The number of benzene rings is 1. The van der Waals surface area contributed by atoms with Crippen molar-refractivity contribution in [3.63, 3.8) is 0 Å². The van der Waals surface area contributed by atoms with E-state index in [1.54, 1.807) is 7.11 Å². The predicted octanol–water partition coefficient (Wildman–Crippen LogP) is 3.35. The summed E-state index contributed by atoms with van der Waals surface area (Å²) < 4.78 is 17.7. The minimum absolute atomic E-state index is 0.0359. The van der Waals surface area contributed by atoms with Crippen LogP contribution in [-0.2, 0) is 22.6 Å². The number of ether oxygens (including phenoxy) is 3. The van der Waals surface area contributed by atoms with Gasteiger partial charge < -0.3 is 14.2 Å². The third-order valence-corrected chi connectivity index (χ3v) is 5.63. The molecule has 0 saturated carbocycles. The smallest absolute Gasteiger partial charge is 0.119 e. The van der Waals surface area contributed by atoms with E-state index in [4.69, 9.17) is 14.2 Å². The Hall–Kier alpha value is -1.95. The van der Waals surface area contributed by atoms with E-state index < -0.39 is 0 Å². The molecular formula is C22H28N2O3. The van der Waals surface area contributed by atoms with Gasteiger partial charge in [-0.3, -0.25) is 9.88 Å². The Balaban J connectivity index is 1.28. The van der Waals surface area contributed by atoms with Crippen LogP contribution in [0.3, 0.4) is 0 Å². The molecule has 0 bridgehead atoms. The van der Waals surface area contributed by atoms with Crippen LogP contribution in [0.15, 0.2) is 42.7 Å². The summed E-state index contributed by atoms with van der Waals surface area (Å²) in [6, 6.07) is 10.3. The maximum absolute atomic E-state index is 6.21. The fourth-order valence-electron chi connectivity index (χ4n) is 4.11. The Morgan fingerprint density at radius 1 is 1.30 bits per heavy atom. The van der Waals surface area contributed by atoms with Gasteiger partial charge in [-0.15, -0.1) is 0 Å².